The van der Waals surface area contributed by atoms with E-state index in [4.69, 9.17) is 33.7 Å². The van der Waals surface area contributed by atoms with Gasteiger partial charge in [-0.3, -0.25) is 24.3 Å². The summed E-state index contributed by atoms with van der Waals surface area (Å²) in [5, 5.41) is 11.1. The first-order valence-electron chi connectivity index (χ1n) is 11.8. The summed E-state index contributed by atoms with van der Waals surface area (Å²) in [5.74, 6) is -1.30. The lowest BCUT2D eigenvalue weighted by atomic mass is 10.1. The molecule has 1 aromatic heterocycles. The number of methoxy groups -OCH3 is 1. The third-order valence-electron chi connectivity index (χ3n) is 6.06. The molecule has 0 radical (unpaired) electrons. The van der Waals surface area contributed by atoms with Crippen LogP contribution in [0, 0.1) is 0 Å². The number of nitrogens with two attached hydrogens (primary N) is 1. The monoisotopic (exact) mass is 572 g/mol. The lowest BCUT2D eigenvalue weighted by Gasteiger charge is -2.38. The average molecular weight is 573 g/mol. The van der Waals surface area contributed by atoms with Gasteiger partial charge in [-0.1, -0.05) is 28.4 Å². The molecule has 2 heterocycles. The summed E-state index contributed by atoms with van der Waals surface area (Å²) in [6.45, 7) is -0.453. The van der Waals surface area contributed by atoms with Gasteiger partial charge in [-0.25, -0.2) is 4.68 Å². The number of halogens is 2. The maximum atomic E-state index is 13.4. The molecule has 12 nitrogen and oxygen atoms in total. The number of aliphatic imine (C=N–C) groups is 1. The van der Waals surface area contributed by atoms with Crippen molar-refractivity contribution in [2.24, 2.45) is 4.99 Å². The topological polar surface area (TPSA) is 148 Å². The zero-order valence-electron chi connectivity index (χ0n) is 21.2. The summed E-state index contributed by atoms with van der Waals surface area (Å²) < 4.78 is 6.56. The van der Waals surface area contributed by atoms with Crippen molar-refractivity contribution in [1.82, 2.24) is 19.9 Å². The van der Waals surface area contributed by atoms with E-state index >= 15 is 0 Å². The van der Waals surface area contributed by atoms with Gasteiger partial charge in [0.05, 0.1) is 17.6 Å². The predicted molar refractivity (Wildman–Crippen MR) is 149 cm³/mol. The molecule has 1 aliphatic heterocycles. The van der Waals surface area contributed by atoms with Crippen LogP contribution in [0.3, 0.4) is 0 Å². The molecule has 204 valence electrons. The van der Waals surface area contributed by atoms with Crippen LogP contribution in [0.25, 0.3) is 5.69 Å². The van der Waals surface area contributed by atoms with E-state index in [1.54, 1.807) is 49.7 Å². The van der Waals surface area contributed by atoms with Gasteiger partial charge >= 0.3 is 0 Å². The highest BCUT2D eigenvalue weighted by Gasteiger charge is 2.38. The number of nitrogen functional groups attached to an aromatic ring is 1. The van der Waals surface area contributed by atoms with Crippen LogP contribution in [0.2, 0.25) is 10.2 Å². The molecule has 3 amide bonds. The number of piperazine rings is 1. The second-order valence-corrected chi connectivity index (χ2v) is 9.46. The second-order valence-electron chi connectivity index (χ2n) is 8.64. The molecule has 2 aromatic carbocycles. The number of nitrogens with zero attached hydrogens (tertiary/aromatic N) is 6. The van der Waals surface area contributed by atoms with Crippen molar-refractivity contribution >= 4 is 64.2 Å². The molecule has 3 N–H and O–H groups in total. The number of amides is 3. The van der Waals surface area contributed by atoms with E-state index < -0.39 is 23.8 Å². The van der Waals surface area contributed by atoms with Crippen molar-refractivity contribution in [2.45, 2.75) is 12.5 Å². The molecule has 14 heteroatoms. The number of carbonyl (C=O) groups is 3. The highest BCUT2D eigenvalue weighted by atomic mass is 35.5. The molecule has 3 aromatic rings. The summed E-state index contributed by atoms with van der Waals surface area (Å²) in [6.07, 6.45) is 3.22. The number of benzene rings is 2. The molecule has 0 aliphatic carbocycles. The maximum absolute atomic E-state index is 13.4. The number of ether oxygens (including phenoxy) is 1. The Morgan fingerprint density at radius 3 is 2.67 bits per heavy atom. The third kappa shape index (κ3) is 6.36. The number of anilines is 3. The largest absolute Gasteiger partial charge is 0.398 e. The van der Waals surface area contributed by atoms with Crippen LogP contribution in [-0.2, 0) is 19.1 Å². The van der Waals surface area contributed by atoms with Gasteiger partial charge in [-0.05, 0) is 36.4 Å². The number of rotatable bonds is 9. The fraction of sp³-hybridized carbons (Fsp3) is 0.280. The molecule has 1 atom stereocenters. The highest BCUT2D eigenvalue weighted by Crippen LogP contribution is 2.30. The number of hydrogen-bond acceptors (Lipinski definition) is 8. The molecule has 39 heavy (non-hydrogen) atoms. The standard InChI is InChI=1S/C25H26Cl2N8O4/c1-29-11-15-9-17(4-5-18(15)28)30-25(38)20(7-8-39-2)33-13-24(37)34(14-23(33)36)21-10-16(26)3-6-19(21)35-12-22(27)31-32-35/h3-6,9-12,20H,7-8,13-14,28H2,1-2H3,(H,30,38). The van der Waals surface area contributed by atoms with Gasteiger partial charge < -0.3 is 20.7 Å². The zero-order chi connectivity index (χ0) is 28.1. The molecule has 0 bridgehead atoms. The normalized spacial score (nSPS) is 14.8. The molecule has 1 aliphatic rings. The molecule has 1 fully saturated rings. The SMILES string of the molecule is CN=Cc1cc(NC(=O)C(CCOC)N2CC(=O)N(c3cc(Cl)ccc3-n3cc(Cl)nn3)CC2=O)ccc1N. The Bertz CT molecular complexity index is 1430. The Morgan fingerprint density at radius 1 is 1.18 bits per heavy atom. The van der Waals surface area contributed by atoms with E-state index in [1.807, 2.05) is 0 Å². The van der Waals surface area contributed by atoms with Gasteiger partial charge in [0.1, 0.15) is 19.1 Å². The van der Waals surface area contributed by atoms with Gasteiger partial charge in [0.2, 0.25) is 17.7 Å². The molecule has 1 unspecified atom stereocenters. The van der Waals surface area contributed by atoms with Gasteiger partial charge in [-0.2, -0.15) is 0 Å². The molecule has 0 saturated carbocycles. The lowest BCUT2D eigenvalue weighted by molar-refractivity contribution is -0.144. The van der Waals surface area contributed by atoms with Crippen molar-refractivity contribution in [2.75, 3.05) is 49.8 Å². The van der Waals surface area contributed by atoms with Crippen LogP contribution in [0.15, 0.2) is 47.6 Å². The first kappa shape index (κ1) is 28.0. The van der Waals surface area contributed by atoms with E-state index in [0.717, 1.165) is 0 Å². The minimum atomic E-state index is -0.961. The van der Waals surface area contributed by atoms with Crippen molar-refractivity contribution in [1.29, 1.82) is 0 Å². The predicted octanol–water partition coefficient (Wildman–Crippen LogP) is 2.42. The van der Waals surface area contributed by atoms with Crippen LogP contribution in [-0.4, -0.2) is 83.7 Å². The third-order valence-corrected chi connectivity index (χ3v) is 6.47. The van der Waals surface area contributed by atoms with Crippen LogP contribution in [0.5, 0.6) is 0 Å². The minimum Gasteiger partial charge on any atom is -0.398 e. The Labute approximate surface area is 234 Å². The van der Waals surface area contributed by atoms with Crippen LogP contribution >= 0.6 is 23.2 Å². The van der Waals surface area contributed by atoms with Crippen molar-refractivity contribution < 1.29 is 19.1 Å². The first-order chi connectivity index (χ1) is 18.7. The average Bonchev–Trinajstić information content (AvgIpc) is 3.34. The van der Waals surface area contributed by atoms with Crippen molar-refractivity contribution in [3.05, 3.63) is 58.3 Å². The van der Waals surface area contributed by atoms with Gasteiger partial charge in [0.25, 0.3) is 0 Å². The van der Waals surface area contributed by atoms with Crippen molar-refractivity contribution in [3.63, 3.8) is 0 Å². The number of carbonyl (C=O) groups excluding carboxylic acids is 3. The Hall–Kier alpha value is -4.00. The fourth-order valence-electron chi connectivity index (χ4n) is 4.19. The van der Waals surface area contributed by atoms with Crippen LogP contribution < -0.4 is 16.0 Å². The van der Waals surface area contributed by atoms with E-state index in [0.29, 0.717) is 33.3 Å². The summed E-state index contributed by atoms with van der Waals surface area (Å²) >= 11 is 12.1. The summed E-state index contributed by atoms with van der Waals surface area (Å²) in [5.41, 5.74) is 8.38. The molecule has 4 rings (SSSR count). The molecular weight excluding hydrogens is 547 g/mol. The number of nitrogens with one attached hydrogen (secondary N) is 1. The minimum absolute atomic E-state index is 0.158. The van der Waals surface area contributed by atoms with Crippen LogP contribution in [0.1, 0.15) is 12.0 Å². The highest BCUT2D eigenvalue weighted by molar-refractivity contribution is 6.31. The quantitative estimate of drug-likeness (QED) is 0.295. The second kappa shape index (κ2) is 12.2. The Kier molecular flexibility index (Phi) is 8.79. The summed E-state index contributed by atoms with van der Waals surface area (Å²) in [7, 11) is 3.11. The van der Waals surface area contributed by atoms with Crippen molar-refractivity contribution in [3.8, 4) is 5.69 Å². The zero-order valence-corrected chi connectivity index (χ0v) is 22.7. The lowest BCUT2D eigenvalue weighted by Crippen LogP contribution is -2.59. The van der Waals surface area contributed by atoms with Gasteiger partial charge in [-0.15, -0.1) is 5.10 Å². The Balaban J connectivity index is 1.58. The summed E-state index contributed by atoms with van der Waals surface area (Å²) in [6, 6.07) is 8.84. The fourth-order valence-corrected chi connectivity index (χ4v) is 4.48. The first-order valence-corrected chi connectivity index (χ1v) is 12.6. The maximum Gasteiger partial charge on any atom is 0.247 e. The van der Waals surface area contributed by atoms with Gasteiger partial charge in [0.15, 0.2) is 5.15 Å². The van der Waals surface area contributed by atoms with Gasteiger partial charge in [0, 0.05) is 55.4 Å². The van der Waals surface area contributed by atoms with Crippen LogP contribution in [0.4, 0.5) is 17.1 Å². The smallest absolute Gasteiger partial charge is 0.247 e. The van der Waals surface area contributed by atoms with E-state index in [-0.39, 0.29) is 31.3 Å². The summed E-state index contributed by atoms with van der Waals surface area (Å²) in [4.78, 5) is 46.7. The molecule has 0 spiro atoms. The number of aromatic nitrogens is 3. The van der Waals surface area contributed by atoms with E-state index in [1.165, 1.54) is 27.8 Å². The molecular formula is C25H26Cl2N8O4. The Morgan fingerprint density at radius 2 is 1.97 bits per heavy atom. The van der Waals surface area contributed by atoms with E-state index in [9.17, 15) is 14.4 Å². The number of hydrogen-bond donors (Lipinski definition) is 2. The van der Waals surface area contributed by atoms with E-state index in [2.05, 4.69) is 20.6 Å². The molecule has 1 saturated heterocycles.